The Bertz CT molecular complexity index is 1230. The Morgan fingerprint density at radius 1 is 0.969 bits per heavy atom. The van der Waals surface area contributed by atoms with E-state index in [1.54, 1.807) is 6.20 Å². The van der Waals surface area contributed by atoms with Crippen LogP contribution in [0.25, 0.3) is 17.8 Å². The van der Waals surface area contributed by atoms with Crippen LogP contribution in [0.2, 0.25) is 0 Å². The van der Waals surface area contributed by atoms with Gasteiger partial charge in [-0.1, -0.05) is 42.5 Å². The summed E-state index contributed by atoms with van der Waals surface area (Å²) in [5.41, 5.74) is 6.86. The number of rotatable bonds is 7. The Morgan fingerprint density at radius 3 is 2.56 bits per heavy atom. The zero-order valence-corrected chi connectivity index (χ0v) is 18.3. The third-order valence-electron chi connectivity index (χ3n) is 5.35. The Kier molecular flexibility index (Phi) is 6.56. The lowest BCUT2D eigenvalue weighted by molar-refractivity contribution is -0.116. The number of nitrogens with one attached hydrogen (secondary N) is 1. The van der Waals surface area contributed by atoms with Crippen molar-refractivity contribution in [2.75, 3.05) is 5.32 Å². The topological polar surface area (TPSA) is 59.8 Å². The fraction of sp³-hybridized carbons (Fsp3) is 0.148. The molecule has 4 aromatic rings. The van der Waals surface area contributed by atoms with Gasteiger partial charge in [-0.3, -0.25) is 9.78 Å². The van der Waals surface area contributed by atoms with Gasteiger partial charge in [0.2, 0.25) is 5.91 Å². The van der Waals surface area contributed by atoms with Gasteiger partial charge in [-0.15, -0.1) is 0 Å². The van der Waals surface area contributed by atoms with E-state index in [1.165, 1.54) is 0 Å². The predicted octanol–water partition coefficient (Wildman–Crippen LogP) is 5.63. The average Bonchev–Trinajstić information content (AvgIpc) is 3.11. The Morgan fingerprint density at radius 2 is 1.78 bits per heavy atom. The molecule has 5 heteroatoms. The number of amides is 1. The molecule has 5 nitrogen and oxygen atoms in total. The van der Waals surface area contributed by atoms with Crippen LogP contribution in [0.5, 0.6) is 0 Å². The van der Waals surface area contributed by atoms with Crippen LogP contribution < -0.4 is 5.32 Å². The molecule has 2 aromatic heterocycles. The van der Waals surface area contributed by atoms with Crippen molar-refractivity contribution in [3.63, 3.8) is 0 Å². The van der Waals surface area contributed by atoms with Crippen molar-refractivity contribution >= 4 is 23.7 Å². The summed E-state index contributed by atoms with van der Waals surface area (Å²) in [6, 6.07) is 23.6. The Labute approximate surface area is 188 Å². The zero-order chi connectivity index (χ0) is 22.3. The van der Waals surface area contributed by atoms with E-state index in [0.717, 1.165) is 39.6 Å². The summed E-state index contributed by atoms with van der Waals surface area (Å²) in [6.45, 7) is 4.05. The number of carbonyl (C=O) groups excluding carboxylic acids is 1. The lowest BCUT2D eigenvalue weighted by atomic mass is 10.1. The first-order valence-corrected chi connectivity index (χ1v) is 10.7. The normalized spacial score (nSPS) is 11.1. The summed E-state index contributed by atoms with van der Waals surface area (Å²) >= 11 is 0. The van der Waals surface area contributed by atoms with E-state index >= 15 is 0 Å². The number of aryl methyl sites for hydroxylation is 1. The standard InChI is InChI=1S/C27H26N4O/c1-20-26(21(2)31(30-20)25-12-4-3-5-13-25)16-17-27(32)29-24-11-8-9-22(19-24)14-15-23-10-6-7-18-28-23/h3-15,18-19H,16-17H2,1-2H3,(H,29,32)/b15-14+. The summed E-state index contributed by atoms with van der Waals surface area (Å²) in [5, 5.41) is 7.68. The summed E-state index contributed by atoms with van der Waals surface area (Å²) in [5.74, 6) is -0.0119. The lowest BCUT2D eigenvalue weighted by Gasteiger charge is -2.07. The molecule has 2 aromatic carbocycles. The number of hydrogen-bond acceptors (Lipinski definition) is 3. The Balaban J connectivity index is 1.39. The van der Waals surface area contributed by atoms with Gasteiger partial charge >= 0.3 is 0 Å². The second-order valence-electron chi connectivity index (χ2n) is 7.66. The molecule has 1 amide bonds. The summed E-state index contributed by atoms with van der Waals surface area (Å²) < 4.78 is 1.94. The van der Waals surface area contributed by atoms with E-state index in [2.05, 4.69) is 22.3 Å². The van der Waals surface area contributed by atoms with Crippen LogP contribution in [-0.2, 0) is 11.2 Å². The minimum Gasteiger partial charge on any atom is -0.326 e. The molecule has 4 rings (SSSR count). The maximum atomic E-state index is 12.6. The highest BCUT2D eigenvalue weighted by atomic mass is 16.1. The van der Waals surface area contributed by atoms with Gasteiger partial charge in [-0.05, 0) is 73.9 Å². The highest BCUT2D eigenvalue weighted by Crippen LogP contribution is 2.20. The van der Waals surface area contributed by atoms with Crippen molar-refractivity contribution < 1.29 is 4.79 Å². The van der Waals surface area contributed by atoms with E-state index < -0.39 is 0 Å². The molecule has 160 valence electrons. The molecule has 1 N–H and O–H groups in total. The number of pyridine rings is 1. The highest BCUT2D eigenvalue weighted by molar-refractivity contribution is 5.91. The van der Waals surface area contributed by atoms with E-state index in [9.17, 15) is 4.79 Å². The Hall–Kier alpha value is -3.99. The van der Waals surface area contributed by atoms with Crippen molar-refractivity contribution in [2.24, 2.45) is 0 Å². The lowest BCUT2D eigenvalue weighted by Crippen LogP contribution is -2.12. The molecule has 0 radical (unpaired) electrons. The first-order chi connectivity index (χ1) is 15.6. The van der Waals surface area contributed by atoms with Crippen LogP contribution in [0.15, 0.2) is 79.0 Å². The minimum atomic E-state index is -0.0119. The smallest absolute Gasteiger partial charge is 0.224 e. The number of hydrogen-bond donors (Lipinski definition) is 1. The molecule has 0 aliphatic carbocycles. The third kappa shape index (κ3) is 5.19. The summed E-state index contributed by atoms with van der Waals surface area (Å²) in [4.78, 5) is 16.9. The van der Waals surface area contributed by atoms with Crippen LogP contribution in [-0.4, -0.2) is 20.7 Å². The van der Waals surface area contributed by atoms with Gasteiger partial charge in [0.1, 0.15) is 0 Å². The van der Waals surface area contributed by atoms with Crippen molar-refractivity contribution in [2.45, 2.75) is 26.7 Å². The van der Waals surface area contributed by atoms with Gasteiger partial charge in [0.15, 0.2) is 0 Å². The van der Waals surface area contributed by atoms with E-state index in [1.807, 2.05) is 96.6 Å². The van der Waals surface area contributed by atoms with Gasteiger partial charge in [-0.2, -0.15) is 5.10 Å². The van der Waals surface area contributed by atoms with Crippen LogP contribution in [0, 0.1) is 13.8 Å². The molecule has 2 heterocycles. The molecule has 0 atom stereocenters. The van der Waals surface area contributed by atoms with E-state index in [4.69, 9.17) is 0 Å². The molecule has 0 aliphatic rings. The number of carbonyl (C=O) groups is 1. The second-order valence-corrected chi connectivity index (χ2v) is 7.66. The molecule has 0 aliphatic heterocycles. The molecule has 0 fully saturated rings. The number of aromatic nitrogens is 3. The molecule has 32 heavy (non-hydrogen) atoms. The SMILES string of the molecule is Cc1nn(-c2ccccc2)c(C)c1CCC(=O)Nc1cccc(/C=C/c2ccccn2)c1. The number of nitrogens with zero attached hydrogens (tertiary/aromatic N) is 3. The van der Waals surface area contributed by atoms with Gasteiger partial charge in [0, 0.05) is 24.0 Å². The van der Waals surface area contributed by atoms with Gasteiger partial charge in [0.05, 0.1) is 17.1 Å². The van der Waals surface area contributed by atoms with Crippen LogP contribution in [0.4, 0.5) is 5.69 Å². The van der Waals surface area contributed by atoms with Crippen molar-refractivity contribution in [3.05, 3.63) is 107 Å². The fourth-order valence-electron chi connectivity index (χ4n) is 3.70. The largest absolute Gasteiger partial charge is 0.326 e. The number of benzene rings is 2. The maximum absolute atomic E-state index is 12.6. The molecular weight excluding hydrogens is 396 g/mol. The zero-order valence-electron chi connectivity index (χ0n) is 18.3. The van der Waals surface area contributed by atoms with Gasteiger partial charge in [-0.25, -0.2) is 4.68 Å². The van der Waals surface area contributed by atoms with Crippen molar-refractivity contribution in [1.29, 1.82) is 0 Å². The maximum Gasteiger partial charge on any atom is 0.224 e. The molecule has 0 spiro atoms. The van der Waals surface area contributed by atoms with Crippen LogP contribution in [0.1, 0.15) is 34.6 Å². The van der Waals surface area contributed by atoms with Crippen LogP contribution >= 0.6 is 0 Å². The van der Waals surface area contributed by atoms with Crippen molar-refractivity contribution in [3.8, 4) is 5.69 Å². The predicted molar refractivity (Wildman–Crippen MR) is 130 cm³/mol. The summed E-state index contributed by atoms with van der Waals surface area (Å²) in [6.07, 6.45) is 6.76. The first kappa shape index (κ1) is 21.2. The monoisotopic (exact) mass is 422 g/mol. The average molecular weight is 423 g/mol. The molecule has 0 saturated heterocycles. The third-order valence-corrected chi connectivity index (χ3v) is 5.35. The van der Waals surface area contributed by atoms with E-state index in [0.29, 0.717) is 12.8 Å². The highest BCUT2D eigenvalue weighted by Gasteiger charge is 2.14. The first-order valence-electron chi connectivity index (χ1n) is 10.7. The van der Waals surface area contributed by atoms with Gasteiger partial charge < -0.3 is 5.32 Å². The van der Waals surface area contributed by atoms with Crippen molar-refractivity contribution in [1.82, 2.24) is 14.8 Å². The minimum absolute atomic E-state index is 0.0119. The molecule has 0 bridgehead atoms. The second kappa shape index (κ2) is 9.88. The molecule has 0 unspecified atom stereocenters. The number of para-hydroxylation sites is 1. The molecule has 0 saturated carbocycles. The van der Waals surface area contributed by atoms with E-state index in [-0.39, 0.29) is 5.91 Å². The quantitative estimate of drug-likeness (QED) is 0.420. The van der Waals surface area contributed by atoms with Gasteiger partial charge in [0.25, 0.3) is 0 Å². The fourth-order valence-corrected chi connectivity index (χ4v) is 3.70. The van der Waals surface area contributed by atoms with Crippen LogP contribution in [0.3, 0.4) is 0 Å². The summed E-state index contributed by atoms with van der Waals surface area (Å²) in [7, 11) is 0. The number of anilines is 1. The molecular formula is C27H26N4O.